The van der Waals surface area contributed by atoms with Crippen molar-refractivity contribution in [2.75, 3.05) is 5.73 Å². The number of halogens is 2. The van der Waals surface area contributed by atoms with E-state index >= 15 is 0 Å². The lowest BCUT2D eigenvalue weighted by Gasteiger charge is -2.07. The molecule has 1 amide bonds. The molecular weight excluding hydrogens is 192 g/mol. The molecule has 1 rings (SSSR count). The van der Waals surface area contributed by atoms with Crippen molar-refractivity contribution in [3.63, 3.8) is 0 Å². The number of primary amides is 1. The topological polar surface area (TPSA) is 82.0 Å². The molecule has 0 aliphatic rings. The first-order valence-electron chi connectivity index (χ1n) is 3.78. The Morgan fingerprint density at radius 3 is 2.57 bits per heavy atom. The summed E-state index contributed by atoms with van der Waals surface area (Å²) in [5.74, 6) is -0.843. The van der Waals surface area contributed by atoms with Gasteiger partial charge in [-0.2, -0.15) is 0 Å². The maximum Gasteiger partial charge on any atom is 0.282 e. The van der Waals surface area contributed by atoms with Gasteiger partial charge in [0.05, 0.1) is 5.69 Å². The van der Waals surface area contributed by atoms with Crippen LogP contribution in [0.1, 0.15) is 28.2 Å². The van der Waals surface area contributed by atoms with Gasteiger partial charge in [-0.15, -0.1) is 0 Å². The Labute approximate surface area is 78.9 Å². The molecule has 0 aliphatic heterocycles. The molecule has 0 bridgehead atoms. The maximum atomic E-state index is 12.3. The van der Waals surface area contributed by atoms with Gasteiger partial charge in [0.2, 0.25) is 0 Å². The summed E-state index contributed by atoms with van der Waals surface area (Å²) in [6.07, 6.45) is -2.81. The Balaban J connectivity index is 3.34. The van der Waals surface area contributed by atoms with E-state index in [9.17, 15) is 13.6 Å². The van der Waals surface area contributed by atoms with Crippen LogP contribution in [0.5, 0.6) is 0 Å². The molecule has 0 unspecified atom stereocenters. The maximum absolute atomic E-state index is 12.3. The van der Waals surface area contributed by atoms with Crippen molar-refractivity contribution in [1.82, 2.24) is 4.98 Å². The first-order chi connectivity index (χ1) is 6.43. The third-order valence-corrected chi connectivity index (χ3v) is 1.71. The van der Waals surface area contributed by atoms with E-state index in [0.717, 1.165) is 0 Å². The molecule has 0 atom stereocenters. The molecule has 0 fully saturated rings. The lowest BCUT2D eigenvalue weighted by molar-refractivity contribution is 0.0993. The quantitative estimate of drug-likeness (QED) is 0.749. The SMILES string of the molecule is Cc1cc(N)c(C(F)F)nc1C(N)=O. The first-order valence-corrected chi connectivity index (χ1v) is 3.78. The second kappa shape index (κ2) is 3.57. The molecule has 4 nitrogen and oxygen atoms in total. The molecule has 1 aromatic rings. The number of nitrogens with two attached hydrogens (primary N) is 2. The van der Waals surface area contributed by atoms with Crippen molar-refractivity contribution in [3.05, 3.63) is 23.0 Å². The van der Waals surface area contributed by atoms with Crippen molar-refractivity contribution in [3.8, 4) is 0 Å². The highest BCUT2D eigenvalue weighted by Gasteiger charge is 2.17. The average molecular weight is 201 g/mol. The molecule has 4 N–H and O–H groups in total. The summed E-state index contributed by atoms with van der Waals surface area (Å²) in [5.41, 5.74) is 9.72. The molecule has 1 heterocycles. The number of carbonyl (C=O) groups is 1. The Hall–Kier alpha value is -1.72. The highest BCUT2D eigenvalue weighted by atomic mass is 19.3. The van der Waals surface area contributed by atoms with Crippen LogP contribution in [0.25, 0.3) is 0 Å². The Bertz CT molecular complexity index is 379. The molecule has 76 valence electrons. The second-order valence-corrected chi connectivity index (χ2v) is 2.79. The zero-order valence-electron chi connectivity index (χ0n) is 7.42. The highest BCUT2D eigenvalue weighted by molar-refractivity contribution is 5.92. The van der Waals surface area contributed by atoms with E-state index in [1.54, 1.807) is 0 Å². The van der Waals surface area contributed by atoms with Crippen LogP contribution in [0.4, 0.5) is 14.5 Å². The number of aromatic nitrogens is 1. The van der Waals surface area contributed by atoms with E-state index in [4.69, 9.17) is 11.5 Å². The van der Waals surface area contributed by atoms with E-state index in [-0.39, 0.29) is 11.4 Å². The van der Waals surface area contributed by atoms with Crippen LogP contribution < -0.4 is 11.5 Å². The summed E-state index contributed by atoms with van der Waals surface area (Å²) < 4.78 is 24.6. The van der Waals surface area contributed by atoms with Crippen LogP contribution >= 0.6 is 0 Å². The van der Waals surface area contributed by atoms with E-state index < -0.39 is 18.0 Å². The van der Waals surface area contributed by atoms with Crippen LogP contribution in [0.3, 0.4) is 0 Å². The first kappa shape index (κ1) is 10.4. The fourth-order valence-corrected chi connectivity index (χ4v) is 1.07. The number of anilines is 1. The molecule has 0 saturated heterocycles. The van der Waals surface area contributed by atoms with Gasteiger partial charge in [-0.1, -0.05) is 0 Å². The van der Waals surface area contributed by atoms with Gasteiger partial charge in [0, 0.05) is 0 Å². The monoisotopic (exact) mass is 201 g/mol. The molecule has 14 heavy (non-hydrogen) atoms. The normalized spacial score (nSPS) is 10.6. The molecule has 6 heteroatoms. The number of aryl methyl sites for hydroxylation is 1. The fourth-order valence-electron chi connectivity index (χ4n) is 1.07. The van der Waals surface area contributed by atoms with Crippen LogP contribution in [-0.2, 0) is 0 Å². The van der Waals surface area contributed by atoms with Crippen LogP contribution in [0, 0.1) is 6.92 Å². The number of alkyl halides is 2. The Kier molecular flexibility index (Phi) is 2.64. The minimum atomic E-state index is -2.81. The third kappa shape index (κ3) is 1.78. The number of hydrogen-bond acceptors (Lipinski definition) is 3. The van der Waals surface area contributed by atoms with Crippen molar-refractivity contribution in [2.24, 2.45) is 5.73 Å². The van der Waals surface area contributed by atoms with Crippen molar-refractivity contribution < 1.29 is 13.6 Å². The number of amides is 1. The van der Waals surface area contributed by atoms with Gasteiger partial charge in [-0.25, -0.2) is 13.8 Å². The van der Waals surface area contributed by atoms with Gasteiger partial charge in [0.15, 0.2) is 0 Å². The van der Waals surface area contributed by atoms with Gasteiger partial charge < -0.3 is 11.5 Å². The minimum Gasteiger partial charge on any atom is -0.397 e. The van der Waals surface area contributed by atoms with Crippen molar-refractivity contribution in [2.45, 2.75) is 13.3 Å². The minimum absolute atomic E-state index is 0.137. The fraction of sp³-hybridized carbons (Fsp3) is 0.250. The summed E-state index contributed by atoms with van der Waals surface area (Å²) in [6, 6.07) is 1.26. The van der Waals surface area contributed by atoms with E-state index in [1.807, 2.05) is 0 Å². The highest BCUT2D eigenvalue weighted by Crippen LogP contribution is 2.24. The molecule has 0 radical (unpaired) electrons. The molecule has 0 spiro atoms. The number of rotatable bonds is 2. The summed E-state index contributed by atoms with van der Waals surface area (Å²) >= 11 is 0. The number of nitrogens with zero attached hydrogens (tertiary/aromatic N) is 1. The Morgan fingerprint density at radius 2 is 2.14 bits per heavy atom. The van der Waals surface area contributed by atoms with Gasteiger partial charge in [-0.3, -0.25) is 4.79 Å². The third-order valence-electron chi connectivity index (χ3n) is 1.71. The summed E-state index contributed by atoms with van der Waals surface area (Å²) in [6.45, 7) is 1.53. The van der Waals surface area contributed by atoms with E-state index in [1.165, 1.54) is 13.0 Å². The molecule has 1 aromatic heterocycles. The lowest BCUT2D eigenvalue weighted by Crippen LogP contribution is -2.17. The van der Waals surface area contributed by atoms with Gasteiger partial charge in [0.25, 0.3) is 12.3 Å². The van der Waals surface area contributed by atoms with Crippen LogP contribution in [-0.4, -0.2) is 10.9 Å². The van der Waals surface area contributed by atoms with Crippen LogP contribution in [0.2, 0.25) is 0 Å². The van der Waals surface area contributed by atoms with E-state index in [0.29, 0.717) is 5.56 Å². The largest absolute Gasteiger partial charge is 0.397 e. The Morgan fingerprint density at radius 1 is 1.57 bits per heavy atom. The lowest BCUT2D eigenvalue weighted by atomic mass is 10.1. The van der Waals surface area contributed by atoms with Crippen molar-refractivity contribution >= 4 is 11.6 Å². The number of carbonyl (C=O) groups excluding carboxylic acids is 1. The zero-order valence-corrected chi connectivity index (χ0v) is 7.42. The van der Waals surface area contributed by atoms with Gasteiger partial charge in [-0.05, 0) is 18.6 Å². The van der Waals surface area contributed by atoms with Gasteiger partial charge >= 0.3 is 0 Å². The smallest absolute Gasteiger partial charge is 0.282 e. The van der Waals surface area contributed by atoms with Crippen LogP contribution in [0.15, 0.2) is 6.07 Å². The summed E-state index contributed by atoms with van der Waals surface area (Å²) in [5, 5.41) is 0. The van der Waals surface area contributed by atoms with E-state index in [2.05, 4.69) is 4.98 Å². The predicted molar refractivity (Wildman–Crippen MR) is 46.9 cm³/mol. The molecular formula is C8H9F2N3O. The number of nitrogen functional groups attached to an aromatic ring is 1. The molecule has 0 aromatic carbocycles. The number of hydrogen-bond donors (Lipinski definition) is 2. The average Bonchev–Trinajstić information content (AvgIpc) is 2.02. The van der Waals surface area contributed by atoms with Gasteiger partial charge in [0.1, 0.15) is 11.4 Å². The summed E-state index contributed by atoms with van der Waals surface area (Å²) in [4.78, 5) is 14.2. The standard InChI is InChI=1S/C8H9F2N3O/c1-3-2-4(11)6(7(9)10)13-5(3)8(12)14/h2,7H,11H2,1H3,(H2,12,14). The number of pyridine rings is 1. The predicted octanol–water partition coefficient (Wildman–Crippen LogP) is 1.01. The molecule has 0 aliphatic carbocycles. The second-order valence-electron chi connectivity index (χ2n) is 2.79. The zero-order chi connectivity index (χ0) is 10.9. The summed E-state index contributed by atoms with van der Waals surface area (Å²) in [7, 11) is 0. The van der Waals surface area contributed by atoms with Crippen molar-refractivity contribution in [1.29, 1.82) is 0 Å². The molecule has 0 saturated carbocycles.